The lowest BCUT2D eigenvalue weighted by Gasteiger charge is -2.45. The molecule has 0 amide bonds. The first kappa shape index (κ1) is 37.8. The maximum Gasteiger partial charge on any atom is 0.192 e. The topological polar surface area (TPSA) is 18.5 Å². The quantitative estimate of drug-likeness (QED) is 0.184. The van der Waals surface area contributed by atoms with Crippen LogP contribution >= 0.6 is 0 Å². The van der Waals surface area contributed by atoms with E-state index in [9.17, 15) is 0 Å². The van der Waals surface area contributed by atoms with Crippen molar-refractivity contribution in [2.24, 2.45) is 35.0 Å². The summed E-state index contributed by atoms with van der Waals surface area (Å²) in [5.74, 6) is 3.47. The summed E-state index contributed by atoms with van der Waals surface area (Å²) in [5, 5.41) is 0.352. The summed E-state index contributed by atoms with van der Waals surface area (Å²) in [6.45, 7) is 40.5. The molecule has 7 atom stereocenters. The Bertz CT molecular complexity index is 1100. The van der Waals surface area contributed by atoms with Crippen LogP contribution in [-0.4, -0.2) is 28.8 Å². The molecule has 0 saturated heterocycles. The average molecular weight is 641 g/mol. The highest BCUT2D eigenvalue weighted by Gasteiger charge is 2.50. The van der Waals surface area contributed by atoms with Crippen molar-refractivity contribution in [3.63, 3.8) is 0 Å². The first-order chi connectivity index (χ1) is 20.0. The maximum absolute atomic E-state index is 7.09. The van der Waals surface area contributed by atoms with Gasteiger partial charge in [0.15, 0.2) is 16.6 Å². The smallest absolute Gasteiger partial charge is 0.192 e. The Morgan fingerprint density at radius 2 is 1.45 bits per heavy atom. The molecular weight excluding hydrogens is 569 g/mol. The lowest BCUT2D eigenvalue weighted by atomic mass is 9.61. The van der Waals surface area contributed by atoms with Crippen molar-refractivity contribution in [1.29, 1.82) is 0 Å². The number of rotatable bonds is 9. The molecule has 0 radical (unpaired) electrons. The Hall–Kier alpha value is -0.686. The molecule has 3 fully saturated rings. The molecule has 0 aromatic rings. The van der Waals surface area contributed by atoms with Crippen molar-refractivity contribution >= 4 is 16.6 Å². The van der Waals surface area contributed by atoms with E-state index in [1.807, 2.05) is 0 Å². The minimum atomic E-state index is -1.96. The molecule has 44 heavy (non-hydrogen) atoms. The van der Waals surface area contributed by atoms with Crippen LogP contribution in [0.2, 0.25) is 36.3 Å². The van der Waals surface area contributed by atoms with Crippen LogP contribution in [0.5, 0.6) is 0 Å². The Labute approximate surface area is 276 Å². The third kappa shape index (κ3) is 8.42. The summed E-state index contributed by atoms with van der Waals surface area (Å²) >= 11 is 0. The van der Waals surface area contributed by atoms with E-state index < -0.39 is 16.6 Å². The first-order valence-electron chi connectivity index (χ1n) is 18.1. The Morgan fingerprint density at radius 3 is 2.02 bits per heavy atom. The van der Waals surface area contributed by atoms with Crippen LogP contribution < -0.4 is 0 Å². The van der Waals surface area contributed by atoms with Crippen molar-refractivity contribution in [1.82, 2.24) is 0 Å². The lowest BCUT2D eigenvalue weighted by molar-refractivity contribution is 0.0969. The van der Waals surface area contributed by atoms with Gasteiger partial charge in [0.2, 0.25) is 0 Å². The zero-order chi connectivity index (χ0) is 33.5. The third-order valence-electron chi connectivity index (χ3n) is 13.2. The molecule has 4 heteroatoms. The number of hydrogen-bond acceptors (Lipinski definition) is 2. The normalized spacial score (nSPS) is 32.6. The minimum Gasteiger partial charge on any atom is -0.413 e. The van der Waals surface area contributed by atoms with Gasteiger partial charge in [0.1, 0.15) is 0 Å². The largest absolute Gasteiger partial charge is 0.413 e. The molecule has 252 valence electrons. The Morgan fingerprint density at radius 1 is 0.864 bits per heavy atom. The van der Waals surface area contributed by atoms with Gasteiger partial charge in [0, 0.05) is 6.42 Å². The van der Waals surface area contributed by atoms with E-state index in [4.69, 9.17) is 15.4 Å². The van der Waals surface area contributed by atoms with E-state index in [-0.39, 0.29) is 22.3 Å². The maximum atomic E-state index is 7.09. The van der Waals surface area contributed by atoms with Gasteiger partial charge in [-0.2, -0.15) is 0 Å². The van der Waals surface area contributed by atoms with Crippen LogP contribution in [0.25, 0.3) is 0 Å². The van der Waals surface area contributed by atoms with Gasteiger partial charge in [-0.15, -0.1) is 0 Å². The Balaban J connectivity index is 1.90. The highest BCUT2D eigenvalue weighted by molar-refractivity contribution is 6.74. The summed E-state index contributed by atoms with van der Waals surface area (Å²) in [7, 11) is -3.88. The first-order valence-corrected chi connectivity index (χ1v) is 23.9. The van der Waals surface area contributed by atoms with Crippen LogP contribution in [0.3, 0.4) is 0 Å². The van der Waals surface area contributed by atoms with Gasteiger partial charge in [-0.05, 0) is 121 Å². The van der Waals surface area contributed by atoms with Crippen LogP contribution in [0.1, 0.15) is 121 Å². The van der Waals surface area contributed by atoms with Gasteiger partial charge in [-0.25, -0.2) is 0 Å². The summed E-state index contributed by atoms with van der Waals surface area (Å²) in [6.07, 6.45) is 18.8. The van der Waals surface area contributed by atoms with Gasteiger partial charge in [-0.3, -0.25) is 0 Å². The van der Waals surface area contributed by atoms with Gasteiger partial charge in [-0.1, -0.05) is 113 Å². The molecule has 0 heterocycles. The molecular formula is C40H72O2Si2. The van der Waals surface area contributed by atoms with Crippen molar-refractivity contribution in [2.75, 3.05) is 0 Å². The molecule has 0 aromatic carbocycles. The summed E-state index contributed by atoms with van der Waals surface area (Å²) in [6, 6.07) is 0. The highest BCUT2D eigenvalue weighted by atomic mass is 28.4. The second-order valence-electron chi connectivity index (χ2n) is 18.7. The van der Waals surface area contributed by atoms with E-state index >= 15 is 0 Å². The molecule has 0 bridgehead atoms. The number of fused-ring (bicyclic) bond motifs is 1. The van der Waals surface area contributed by atoms with Gasteiger partial charge < -0.3 is 8.85 Å². The molecule has 0 N–H and O–H groups in total. The SMILES string of the molecule is C=C1C(=CC=C2CCC[C@]3(C)[C@@H](C(C)/C=C/C(C)C(C)C)CC[C@@H]23)CC(O[Si](C)(C)C(C)(C)C)CC1O[Si](C)(C)C(C)(C)C. The third-order valence-corrected chi connectivity index (χ3v) is 22.2. The molecule has 3 aliphatic rings. The van der Waals surface area contributed by atoms with Crippen LogP contribution in [0, 0.1) is 35.0 Å². The summed E-state index contributed by atoms with van der Waals surface area (Å²) < 4.78 is 14.2. The molecule has 3 saturated carbocycles. The predicted molar refractivity (Wildman–Crippen MR) is 199 cm³/mol. The molecule has 3 aliphatic carbocycles. The predicted octanol–water partition coefficient (Wildman–Crippen LogP) is 12.7. The zero-order valence-electron chi connectivity index (χ0n) is 31.8. The fraction of sp³-hybridized carbons (Fsp3) is 0.800. The van der Waals surface area contributed by atoms with Crippen LogP contribution in [0.4, 0.5) is 0 Å². The Kier molecular flexibility index (Phi) is 11.9. The lowest BCUT2D eigenvalue weighted by Crippen LogP contribution is -2.49. The van der Waals surface area contributed by atoms with Crippen molar-refractivity contribution in [3.8, 4) is 0 Å². The van der Waals surface area contributed by atoms with E-state index in [0.29, 0.717) is 29.1 Å². The van der Waals surface area contributed by atoms with E-state index in [0.717, 1.165) is 18.8 Å². The molecule has 0 aliphatic heterocycles. The molecule has 0 spiro atoms. The summed E-state index contributed by atoms with van der Waals surface area (Å²) in [5.41, 5.74) is 4.64. The molecule has 4 unspecified atom stereocenters. The minimum absolute atomic E-state index is 0.0393. The van der Waals surface area contributed by atoms with E-state index in [2.05, 4.69) is 127 Å². The zero-order valence-corrected chi connectivity index (χ0v) is 33.8. The molecule has 0 aromatic heterocycles. The van der Waals surface area contributed by atoms with Crippen molar-refractivity contribution < 1.29 is 8.85 Å². The molecule has 3 rings (SSSR count). The fourth-order valence-corrected chi connectivity index (χ4v) is 10.3. The van der Waals surface area contributed by atoms with Gasteiger partial charge in [0.25, 0.3) is 0 Å². The molecule has 2 nitrogen and oxygen atoms in total. The second kappa shape index (κ2) is 13.8. The van der Waals surface area contributed by atoms with Gasteiger partial charge >= 0.3 is 0 Å². The van der Waals surface area contributed by atoms with E-state index in [1.54, 1.807) is 5.57 Å². The van der Waals surface area contributed by atoms with E-state index in [1.165, 1.54) is 43.3 Å². The number of allylic oxidation sites excluding steroid dienone is 5. The van der Waals surface area contributed by atoms with Crippen LogP contribution in [-0.2, 0) is 8.85 Å². The van der Waals surface area contributed by atoms with Gasteiger partial charge in [0.05, 0.1) is 12.2 Å². The van der Waals surface area contributed by atoms with Crippen molar-refractivity contribution in [2.45, 2.75) is 170 Å². The monoisotopic (exact) mass is 641 g/mol. The second-order valence-corrected chi connectivity index (χ2v) is 28.2. The van der Waals surface area contributed by atoms with Crippen molar-refractivity contribution in [3.05, 3.63) is 47.6 Å². The fourth-order valence-electron chi connectivity index (χ4n) is 7.62. The average Bonchev–Trinajstić information content (AvgIpc) is 3.23. The van der Waals surface area contributed by atoms with Crippen LogP contribution in [0.15, 0.2) is 47.6 Å². The number of hydrogen-bond donors (Lipinski definition) is 0. The standard InChI is InChI=1S/C40H72O2Si2/c1-28(2)29(3)19-20-30(4)35-23-24-36-32(18-17-25-40(35,36)12)21-22-33-26-34(41-43(13,14)38(6,7)8)27-37(31(33)5)42-44(15,16)39(9,10)11/h19-22,28-30,34-37H,5,17-18,23-27H2,1-4,6-16H3/b20-19+,32-21?,33-22?/t29?,30?,34?,35-,36+,37?,40-/m1/s1. The summed E-state index contributed by atoms with van der Waals surface area (Å²) in [4.78, 5) is 0. The highest BCUT2D eigenvalue weighted by Crippen LogP contribution is 2.59.